The van der Waals surface area contributed by atoms with Gasteiger partial charge < -0.3 is 24.4 Å². The molecular weight excluding hydrogens is 440 g/mol. The topological polar surface area (TPSA) is 85.2 Å². The second-order valence-electron chi connectivity index (χ2n) is 7.08. The number of hydrogen-bond acceptors (Lipinski definition) is 7. The maximum absolute atomic E-state index is 11.6. The average Bonchev–Trinajstić information content (AvgIpc) is 3.16. The lowest BCUT2D eigenvalue weighted by Crippen LogP contribution is -1.98. The summed E-state index contributed by atoms with van der Waals surface area (Å²) in [4.78, 5) is 12.5. The maximum atomic E-state index is 11.6. The van der Waals surface area contributed by atoms with Gasteiger partial charge in [0.1, 0.15) is 23.0 Å². The van der Waals surface area contributed by atoms with Crippen LogP contribution in [0.3, 0.4) is 0 Å². The minimum Gasteiger partial charge on any atom is -0.508 e. The van der Waals surface area contributed by atoms with Gasteiger partial charge in [-0.3, -0.25) is 0 Å². The van der Waals surface area contributed by atoms with Crippen LogP contribution in [-0.4, -0.2) is 29.9 Å². The van der Waals surface area contributed by atoms with Gasteiger partial charge in [0.05, 0.1) is 18.6 Å². The van der Waals surface area contributed by atoms with Crippen LogP contribution in [0.5, 0.6) is 28.7 Å². The van der Waals surface area contributed by atoms with Gasteiger partial charge in [-0.1, -0.05) is 0 Å². The number of aromatic hydroxyl groups is 2. The minimum absolute atomic E-state index is 0.173. The Kier molecular flexibility index (Phi) is 6.51. The summed E-state index contributed by atoms with van der Waals surface area (Å²) in [5.74, 6) is 1.65. The zero-order chi connectivity index (χ0) is 23.4. The number of fused-ring (bicyclic) bond motifs is 1. The van der Waals surface area contributed by atoms with E-state index in [1.165, 1.54) is 17.4 Å². The highest BCUT2D eigenvalue weighted by Gasteiger charge is 2.17. The van der Waals surface area contributed by atoms with Gasteiger partial charge in [-0.05, 0) is 73.2 Å². The molecule has 0 spiro atoms. The van der Waals surface area contributed by atoms with Gasteiger partial charge in [-0.2, -0.15) is 0 Å². The van der Waals surface area contributed by atoms with Crippen molar-refractivity contribution >= 4 is 33.5 Å². The van der Waals surface area contributed by atoms with Crippen LogP contribution in [0.15, 0.2) is 66.7 Å². The standard InChI is InChI=1S/C26H22O6S/c1-3-31-24(29)13-7-16-6-11-20(15-22(16)30-2)32-25-21-12-10-19(28)14-23(21)33-26(25)17-4-8-18(27)9-5-17/h4-15,27-28H,3H2,1-2H3. The van der Waals surface area contributed by atoms with Crippen LogP contribution in [0, 0.1) is 0 Å². The van der Waals surface area contributed by atoms with E-state index in [1.807, 2.05) is 18.2 Å². The number of rotatable bonds is 7. The van der Waals surface area contributed by atoms with E-state index in [2.05, 4.69) is 0 Å². The van der Waals surface area contributed by atoms with Crippen LogP contribution in [0.25, 0.3) is 26.6 Å². The fourth-order valence-corrected chi connectivity index (χ4v) is 4.49. The largest absolute Gasteiger partial charge is 0.508 e. The van der Waals surface area contributed by atoms with Crippen LogP contribution in [0.1, 0.15) is 12.5 Å². The van der Waals surface area contributed by atoms with Crippen molar-refractivity contribution in [2.45, 2.75) is 6.92 Å². The lowest BCUT2D eigenvalue weighted by Gasteiger charge is -2.11. The van der Waals surface area contributed by atoms with Gasteiger partial charge >= 0.3 is 5.97 Å². The van der Waals surface area contributed by atoms with E-state index in [4.69, 9.17) is 14.2 Å². The monoisotopic (exact) mass is 462 g/mol. The molecule has 0 atom stereocenters. The summed E-state index contributed by atoms with van der Waals surface area (Å²) in [6.45, 7) is 2.06. The third-order valence-corrected chi connectivity index (χ3v) is 6.05. The van der Waals surface area contributed by atoms with E-state index >= 15 is 0 Å². The molecule has 6 nitrogen and oxygen atoms in total. The molecule has 4 aromatic rings. The summed E-state index contributed by atoms with van der Waals surface area (Å²) >= 11 is 1.48. The van der Waals surface area contributed by atoms with Crippen molar-refractivity contribution < 1.29 is 29.2 Å². The highest BCUT2D eigenvalue weighted by Crippen LogP contribution is 2.47. The van der Waals surface area contributed by atoms with Gasteiger partial charge in [0.25, 0.3) is 0 Å². The van der Waals surface area contributed by atoms with Crippen LogP contribution >= 0.6 is 11.3 Å². The molecule has 0 saturated heterocycles. The summed E-state index contributed by atoms with van der Waals surface area (Å²) in [7, 11) is 1.55. The van der Waals surface area contributed by atoms with Gasteiger partial charge in [-0.15, -0.1) is 11.3 Å². The highest BCUT2D eigenvalue weighted by atomic mass is 32.1. The Morgan fingerprint density at radius 1 is 1.00 bits per heavy atom. The molecule has 1 aromatic heterocycles. The van der Waals surface area contributed by atoms with Crippen LogP contribution in [-0.2, 0) is 9.53 Å². The fourth-order valence-electron chi connectivity index (χ4n) is 3.32. The summed E-state index contributed by atoms with van der Waals surface area (Å²) in [6, 6.07) is 17.3. The molecule has 0 aliphatic carbocycles. The van der Waals surface area contributed by atoms with Crippen molar-refractivity contribution in [1.29, 1.82) is 0 Å². The molecule has 0 radical (unpaired) electrons. The fraction of sp³-hybridized carbons (Fsp3) is 0.115. The van der Waals surface area contributed by atoms with Crippen LogP contribution in [0.4, 0.5) is 0 Å². The van der Waals surface area contributed by atoms with Crippen LogP contribution < -0.4 is 9.47 Å². The van der Waals surface area contributed by atoms with Gasteiger partial charge in [0.15, 0.2) is 5.75 Å². The number of thiophene rings is 1. The molecule has 33 heavy (non-hydrogen) atoms. The predicted molar refractivity (Wildman–Crippen MR) is 129 cm³/mol. The number of phenolic OH excluding ortho intramolecular Hbond substituents is 2. The smallest absolute Gasteiger partial charge is 0.330 e. The summed E-state index contributed by atoms with van der Waals surface area (Å²) in [5.41, 5.74) is 1.58. The van der Waals surface area contributed by atoms with E-state index in [-0.39, 0.29) is 11.5 Å². The molecule has 7 heteroatoms. The molecular formula is C26H22O6S. The van der Waals surface area contributed by atoms with Crippen molar-refractivity contribution in [2.24, 2.45) is 0 Å². The van der Waals surface area contributed by atoms with Crippen molar-refractivity contribution in [2.75, 3.05) is 13.7 Å². The van der Waals surface area contributed by atoms with E-state index < -0.39 is 5.97 Å². The van der Waals surface area contributed by atoms with Gasteiger partial charge in [0, 0.05) is 27.8 Å². The second-order valence-corrected chi connectivity index (χ2v) is 8.13. The van der Waals surface area contributed by atoms with E-state index in [0.717, 1.165) is 20.5 Å². The SMILES string of the molecule is CCOC(=O)C=Cc1ccc(Oc2c(-c3ccc(O)cc3)sc3cc(O)ccc23)cc1OC. The predicted octanol–water partition coefficient (Wildman–Crippen LogP) is 6.36. The van der Waals surface area contributed by atoms with E-state index in [0.29, 0.717) is 29.4 Å². The third-order valence-electron chi connectivity index (χ3n) is 4.87. The number of phenols is 2. The molecule has 0 aliphatic rings. The maximum Gasteiger partial charge on any atom is 0.330 e. The number of carbonyl (C=O) groups excluding carboxylic acids is 1. The summed E-state index contributed by atoms with van der Waals surface area (Å²) in [5, 5.41) is 20.4. The third kappa shape index (κ3) is 4.94. The molecule has 0 amide bonds. The number of methoxy groups -OCH3 is 1. The molecule has 0 fully saturated rings. The van der Waals surface area contributed by atoms with Crippen molar-refractivity contribution in [3.05, 3.63) is 72.3 Å². The van der Waals surface area contributed by atoms with Crippen molar-refractivity contribution in [3.63, 3.8) is 0 Å². The second kappa shape index (κ2) is 9.67. The Bertz CT molecular complexity index is 1320. The number of esters is 1. The molecule has 0 saturated carbocycles. The normalized spacial score (nSPS) is 11.1. The van der Waals surface area contributed by atoms with E-state index in [9.17, 15) is 15.0 Å². The number of ether oxygens (including phenoxy) is 3. The molecule has 0 aliphatic heterocycles. The highest BCUT2D eigenvalue weighted by molar-refractivity contribution is 7.22. The minimum atomic E-state index is -0.425. The molecule has 0 unspecified atom stereocenters. The Morgan fingerprint density at radius 2 is 1.76 bits per heavy atom. The van der Waals surface area contributed by atoms with E-state index in [1.54, 1.807) is 62.6 Å². The number of carbonyl (C=O) groups is 1. The first kappa shape index (κ1) is 22.2. The van der Waals surface area contributed by atoms with Gasteiger partial charge in [-0.25, -0.2) is 4.79 Å². The van der Waals surface area contributed by atoms with Crippen LogP contribution in [0.2, 0.25) is 0 Å². The first-order valence-electron chi connectivity index (χ1n) is 10.2. The molecule has 3 aromatic carbocycles. The quantitative estimate of drug-likeness (QED) is 0.246. The Balaban J connectivity index is 1.73. The number of benzene rings is 3. The van der Waals surface area contributed by atoms with Crippen molar-refractivity contribution in [3.8, 4) is 39.2 Å². The van der Waals surface area contributed by atoms with Gasteiger partial charge in [0.2, 0.25) is 0 Å². The zero-order valence-electron chi connectivity index (χ0n) is 18.1. The zero-order valence-corrected chi connectivity index (χ0v) is 18.9. The first-order chi connectivity index (χ1) is 16.0. The molecule has 0 bridgehead atoms. The summed E-state index contributed by atoms with van der Waals surface area (Å²) < 4.78 is 17.6. The Labute approximate surface area is 194 Å². The lowest BCUT2D eigenvalue weighted by atomic mass is 10.1. The average molecular weight is 463 g/mol. The molecule has 2 N–H and O–H groups in total. The summed E-state index contributed by atoms with van der Waals surface area (Å²) in [6.07, 6.45) is 2.98. The van der Waals surface area contributed by atoms with Crippen molar-refractivity contribution in [1.82, 2.24) is 0 Å². The number of hydrogen-bond donors (Lipinski definition) is 2. The first-order valence-corrected chi connectivity index (χ1v) is 11.1. The Hall–Kier alpha value is -3.97. The molecule has 1 heterocycles. The Morgan fingerprint density at radius 3 is 2.48 bits per heavy atom. The molecule has 168 valence electrons. The molecule has 4 rings (SSSR count). The lowest BCUT2D eigenvalue weighted by molar-refractivity contribution is -0.137.